The van der Waals surface area contributed by atoms with Crippen molar-refractivity contribution >= 4 is 12.4 Å². The van der Waals surface area contributed by atoms with Crippen molar-refractivity contribution in [1.29, 1.82) is 0 Å². The van der Waals surface area contributed by atoms with Crippen LogP contribution in [0.1, 0.15) is 18.9 Å². The third-order valence-corrected chi connectivity index (χ3v) is 1.95. The summed E-state index contributed by atoms with van der Waals surface area (Å²) in [5, 5.41) is 0. The summed E-state index contributed by atoms with van der Waals surface area (Å²) >= 11 is 0. The van der Waals surface area contributed by atoms with Gasteiger partial charge in [-0.1, -0.05) is 19.1 Å². The van der Waals surface area contributed by atoms with Crippen LogP contribution in [0.15, 0.2) is 18.2 Å². The molecule has 0 aliphatic heterocycles. The molecule has 0 fully saturated rings. The lowest BCUT2D eigenvalue weighted by Crippen LogP contribution is -2.04. The highest BCUT2D eigenvalue weighted by Crippen LogP contribution is 2.30. The van der Waals surface area contributed by atoms with Crippen LogP contribution >= 0.6 is 12.4 Å². The number of methoxy groups -OCH3 is 1. The molecule has 2 N–H and O–H groups in total. The average molecular weight is 232 g/mol. The average Bonchev–Trinajstić information content (AvgIpc) is 2.25. The molecule has 86 valence electrons. The summed E-state index contributed by atoms with van der Waals surface area (Å²) in [6.45, 7) is 3.22. The molecule has 1 rings (SSSR count). The standard InChI is InChI=1S/C11H17NO2.ClH/c1-3-7-14-11-9(8-12)5-4-6-10(11)13-2;/h4-6H,3,7-8,12H2,1-2H3;1H. The molecule has 0 saturated carbocycles. The van der Waals surface area contributed by atoms with Crippen LogP contribution in [-0.4, -0.2) is 13.7 Å². The Hall–Kier alpha value is -0.930. The fraction of sp³-hybridized carbons (Fsp3) is 0.455. The van der Waals surface area contributed by atoms with Crippen LogP contribution in [0.3, 0.4) is 0 Å². The van der Waals surface area contributed by atoms with Crippen molar-refractivity contribution in [3.8, 4) is 11.5 Å². The van der Waals surface area contributed by atoms with E-state index in [0.717, 1.165) is 23.5 Å². The van der Waals surface area contributed by atoms with Gasteiger partial charge in [0.25, 0.3) is 0 Å². The van der Waals surface area contributed by atoms with Crippen molar-refractivity contribution in [2.75, 3.05) is 13.7 Å². The SMILES string of the molecule is CCCOc1c(CN)cccc1OC.Cl. The summed E-state index contributed by atoms with van der Waals surface area (Å²) < 4.78 is 10.8. The molecule has 0 saturated heterocycles. The zero-order chi connectivity index (χ0) is 10.4. The molecule has 1 aromatic rings. The van der Waals surface area contributed by atoms with E-state index in [1.165, 1.54) is 0 Å². The molecule has 3 nitrogen and oxygen atoms in total. The Balaban J connectivity index is 0.00000196. The number of benzene rings is 1. The zero-order valence-corrected chi connectivity index (χ0v) is 9.97. The molecule has 0 aromatic heterocycles. The quantitative estimate of drug-likeness (QED) is 0.846. The number of nitrogens with two attached hydrogens (primary N) is 1. The zero-order valence-electron chi connectivity index (χ0n) is 9.16. The van der Waals surface area contributed by atoms with E-state index in [4.69, 9.17) is 15.2 Å². The van der Waals surface area contributed by atoms with Gasteiger partial charge in [-0.15, -0.1) is 12.4 Å². The molecule has 0 atom stereocenters. The highest BCUT2D eigenvalue weighted by Gasteiger charge is 2.08. The monoisotopic (exact) mass is 231 g/mol. The van der Waals surface area contributed by atoms with Crippen LogP contribution in [0.4, 0.5) is 0 Å². The number of rotatable bonds is 5. The molecule has 1 aromatic carbocycles. The van der Waals surface area contributed by atoms with Crippen LogP contribution in [0, 0.1) is 0 Å². The van der Waals surface area contributed by atoms with Crippen LogP contribution in [0.2, 0.25) is 0 Å². The Morgan fingerprint density at radius 3 is 2.60 bits per heavy atom. The Kier molecular flexibility index (Phi) is 6.92. The summed E-state index contributed by atoms with van der Waals surface area (Å²) in [5.41, 5.74) is 6.59. The normalized spacial score (nSPS) is 9.27. The van der Waals surface area contributed by atoms with E-state index in [9.17, 15) is 0 Å². The summed E-state index contributed by atoms with van der Waals surface area (Å²) in [4.78, 5) is 0. The van der Waals surface area contributed by atoms with Gasteiger partial charge in [0.05, 0.1) is 13.7 Å². The Bertz CT molecular complexity index is 270. The largest absolute Gasteiger partial charge is 0.493 e. The molecule has 0 aliphatic rings. The van der Waals surface area contributed by atoms with Crippen LogP contribution < -0.4 is 15.2 Å². The number of para-hydroxylation sites is 1. The van der Waals surface area contributed by atoms with E-state index in [1.54, 1.807) is 7.11 Å². The van der Waals surface area contributed by atoms with Gasteiger partial charge in [-0.3, -0.25) is 0 Å². The van der Waals surface area contributed by atoms with Gasteiger partial charge in [-0.2, -0.15) is 0 Å². The number of hydrogen-bond donors (Lipinski definition) is 1. The summed E-state index contributed by atoms with van der Waals surface area (Å²) in [5.74, 6) is 1.53. The van der Waals surface area contributed by atoms with E-state index in [0.29, 0.717) is 13.2 Å². The van der Waals surface area contributed by atoms with Gasteiger partial charge in [0.15, 0.2) is 11.5 Å². The molecular formula is C11H18ClNO2. The lowest BCUT2D eigenvalue weighted by atomic mass is 10.2. The number of hydrogen-bond acceptors (Lipinski definition) is 3. The van der Waals surface area contributed by atoms with Crippen molar-refractivity contribution in [2.24, 2.45) is 5.73 Å². The van der Waals surface area contributed by atoms with E-state index in [1.807, 2.05) is 18.2 Å². The molecule has 0 bridgehead atoms. The van der Waals surface area contributed by atoms with E-state index < -0.39 is 0 Å². The maximum Gasteiger partial charge on any atom is 0.165 e. The van der Waals surface area contributed by atoms with Gasteiger partial charge < -0.3 is 15.2 Å². The summed E-state index contributed by atoms with van der Waals surface area (Å²) in [6.07, 6.45) is 0.974. The highest BCUT2D eigenvalue weighted by atomic mass is 35.5. The van der Waals surface area contributed by atoms with Crippen molar-refractivity contribution in [2.45, 2.75) is 19.9 Å². The molecule has 0 aliphatic carbocycles. The molecule has 0 amide bonds. The molecule has 0 radical (unpaired) electrons. The smallest absolute Gasteiger partial charge is 0.165 e. The Labute approximate surface area is 97.0 Å². The molecule has 0 spiro atoms. The lowest BCUT2D eigenvalue weighted by molar-refractivity contribution is 0.291. The van der Waals surface area contributed by atoms with Crippen LogP contribution in [0.25, 0.3) is 0 Å². The molecule has 0 heterocycles. The summed E-state index contributed by atoms with van der Waals surface area (Å²) in [6, 6.07) is 5.75. The lowest BCUT2D eigenvalue weighted by Gasteiger charge is -2.13. The minimum atomic E-state index is 0. The van der Waals surface area contributed by atoms with Gasteiger partial charge in [-0.05, 0) is 12.5 Å². The minimum absolute atomic E-state index is 0. The minimum Gasteiger partial charge on any atom is -0.493 e. The van der Waals surface area contributed by atoms with Crippen molar-refractivity contribution in [3.63, 3.8) is 0 Å². The first-order valence-corrected chi connectivity index (χ1v) is 4.82. The maximum absolute atomic E-state index is 5.61. The highest BCUT2D eigenvalue weighted by molar-refractivity contribution is 5.85. The van der Waals surface area contributed by atoms with Crippen molar-refractivity contribution in [1.82, 2.24) is 0 Å². The molecule has 0 unspecified atom stereocenters. The third-order valence-electron chi connectivity index (χ3n) is 1.95. The van der Waals surface area contributed by atoms with Gasteiger partial charge in [0.1, 0.15) is 0 Å². The maximum atomic E-state index is 5.61. The fourth-order valence-corrected chi connectivity index (χ4v) is 1.25. The molecular weight excluding hydrogens is 214 g/mol. The first-order valence-electron chi connectivity index (χ1n) is 4.82. The van der Waals surface area contributed by atoms with Crippen molar-refractivity contribution in [3.05, 3.63) is 23.8 Å². The van der Waals surface area contributed by atoms with Gasteiger partial charge >= 0.3 is 0 Å². The number of halogens is 1. The first kappa shape index (κ1) is 14.1. The Morgan fingerprint density at radius 2 is 2.07 bits per heavy atom. The Morgan fingerprint density at radius 1 is 1.33 bits per heavy atom. The van der Waals surface area contributed by atoms with Gasteiger partial charge in [0.2, 0.25) is 0 Å². The van der Waals surface area contributed by atoms with E-state index >= 15 is 0 Å². The van der Waals surface area contributed by atoms with Gasteiger partial charge in [-0.25, -0.2) is 0 Å². The second kappa shape index (κ2) is 7.37. The summed E-state index contributed by atoms with van der Waals surface area (Å²) in [7, 11) is 1.63. The second-order valence-corrected chi connectivity index (χ2v) is 3.00. The van der Waals surface area contributed by atoms with E-state index in [-0.39, 0.29) is 12.4 Å². The predicted octanol–water partition coefficient (Wildman–Crippen LogP) is 2.36. The van der Waals surface area contributed by atoms with Crippen LogP contribution in [0.5, 0.6) is 11.5 Å². The third kappa shape index (κ3) is 3.61. The van der Waals surface area contributed by atoms with Crippen molar-refractivity contribution < 1.29 is 9.47 Å². The molecule has 15 heavy (non-hydrogen) atoms. The van der Waals surface area contributed by atoms with E-state index in [2.05, 4.69) is 6.92 Å². The molecule has 4 heteroatoms. The fourth-order valence-electron chi connectivity index (χ4n) is 1.25. The predicted molar refractivity (Wildman–Crippen MR) is 63.9 cm³/mol. The second-order valence-electron chi connectivity index (χ2n) is 3.00. The number of ether oxygens (including phenoxy) is 2. The van der Waals surface area contributed by atoms with Gasteiger partial charge in [0, 0.05) is 12.1 Å². The first-order chi connectivity index (χ1) is 6.83. The topological polar surface area (TPSA) is 44.5 Å². The van der Waals surface area contributed by atoms with Crippen LogP contribution in [-0.2, 0) is 6.54 Å².